The van der Waals surface area contributed by atoms with Crippen LogP contribution in [0.3, 0.4) is 0 Å². The van der Waals surface area contributed by atoms with Crippen LogP contribution >= 0.6 is 23.4 Å². The largest absolute Gasteiger partial charge is 0.349 e. The molecular weight excluding hydrogens is 566 g/mol. The number of aryl methyl sites for hydroxylation is 1. The summed E-state index contributed by atoms with van der Waals surface area (Å²) in [7, 11) is 0. The molecule has 3 heterocycles. The van der Waals surface area contributed by atoms with Crippen LogP contribution in [0.15, 0.2) is 103 Å². The van der Waals surface area contributed by atoms with Crippen molar-refractivity contribution >= 4 is 41.0 Å². The number of nitrogens with zero attached hydrogens (tertiary/aromatic N) is 4. The van der Waals surface area contributed by atoms with Crippen molar-refractivity contribution in [2.75, 3.05) is 17.2 Å². The van der Waals surface area contributed by atoms with Crippen molar-refractivity contribution in [2.24, 2.45) is 0 Å². The van der Waals surface area contributed by atoms with Crippen LogP contribution in [0, 0.1) is 6.92 Å². The maximum Gasteiger partial charge on any atom is 0.240 e. The van der Waals surface area contributed by atoms with Gasteiger partial charge in [-0.1, -0.05) is 83.9 Å². The highest BCUT2D eigenvalue weighted by Gasteiger charge is 2.38. The first-order valence-corrected chi connectivity index (χ1v) is 15.0. The van der Waals surface area contributed by atoms with Crippen molar-refractivity contribution in [3.63, 3.8) is 0 Å². The molecule has 0 fully saturated rings. The number of hydrogen-bond acceptors (Lipinski definition) is 5. The van der Waals surface area contributed by atoms with E-state index in [9.17, 15) is 9.59 Å². The number of nitrogens with one attached hydrogen (secondary N) is 1. The van der Waals surface area contributed by atoms with Gasteiger partial charge in [-0.15, -0.1) is 11.8 Å². The molecule has 1 aliphatic heterocycles. The smallest absolute Gasteiger partial charge is 0.240 e. The van der Waals surface area contributed by atoms with Gasteiger partial charge in [0.15, 0.2) is 0 Å². The van der Waals surface area contributed by atoms with Gasteiger partial charge in [-0.3, -0.25) is 19.5 Å². The summed E-state index contributed by atoms with van der Waals surface area (Å²) in [6.07, 6.45) is 1.68. The third kappa shape index (κ3) is 5.68. The minimum Gasteiger partial charge on any atom is -0.349 e. The third-order valence-electron chi connectivity index (χ3n) is 7.10. The van der Waals surface area contributed by atoms with Crippen molar-refractivity contribution in [3.05, 3.63) is 131 Å². The second-order valence-corrected chi connectivity index (χ2v) is 11.5. The molecule has 1 N–H and O–H groups in total. The number of thioether (sulfide) groups is 1. The van der Waals surface area contributed by atoms with Crippen molar-refractivity contribution in [2.45, 2.75) is 18.7 Å². The average Bonchev–Trinajstić information content (AvgIpc) is 3.34. The SMILES string of the molecule is Cc1ccc(-n2nc(-c3ccccc3)c3c2N(CC(=O)NCc2ccccn2)C(=O)CSC3c2ccccc2Cl)cc1. The molecule has 7 nitrogen and oxygen atoms in total. The van der Waals surface area contributed by atoms with Gasteiger partial charge in [-0.05, 0) is 42.8 Å². The molecule has 0 spiro atoms. The van der Waals surface area contributed by atoms with E-state index in [0.29, 0.717) is 10.8 Å². The summed E-state index contributed by atoms with van der Waals surface area (Å²) in [6.45, 7) is 2.12. The van der Waals surface area contributed by atoms with Gasteiger partial charge in [0, 0.05) is 22.3 Å². The van der Waals surface area contributed by atoms with Gasteiger partial charge in [-0.25, -0.2) is 4.68 Å². The highest BCUT2D eigenvalue weighted by Crippen LogP contribution is 2.49. The topological polar surface area (TPSA) is 80.1 Å². The Morgan fingerprint density at radius 3 is 2.45 bits per heavy atom. The van der Waals surface area contributed by atoms with Crippen molar-refractivity contribution in [1.29, 1.82) is 0 Å². The van der Waals surface area contributed by atoms with Gasteiger partial charge in [0.2, 0.25) is 11.8 Å². The number of benzene rings is 3. The Labute approximate surface area is 253 Å². The van der Waals surface area contributed by atoms with Gasteiger partial charge in [0.1, 0.15) is 12.4 Å². The highest BCUT2D eigenvalue weighted by atomic mass is 35.5. The van der Waals surface area contributed by atoms with Crippen LogP contribution in [0.4, 0.5) is 5.82 Å². The molecule has 0 radical (unpaired) electrons. The number of rotatable bonds is 7. The number of hydrogen-bond donors (Lipinski definition) is 1. The zero-order valence-electron chi connectivity index (χ0n) is 22.9. The van der Waals surface area contributed by atoms with E-state index in [1.165, 1.54) is 11.8 Å². The molecule has 0 bridgehead atoms. The molecule has 210 valence electrons. The standard InChI is InChI=1S/C33H28ClN5O2S/c1-22-14-16-25(17-15-22)39-33-30(31(37-39)23-9-3-2-4-10-23)32(26-12-5-6-13-27(26)34)42-21-29(41)38(33)20-28(40)36-19-24-11-7-8-18-35-24/h2-18,32H,19-21H2,1H3,(H,36,40). The summed E-state index contributed by atoms with van der Waals surface area (Å²) in [4.78, 5) is 33.1. The van der Waals surface area contributed by atoms with Gasteiger partial charge in [0.05, 0.1) is 34.6 Å². The van der Waals surface area contributed by atoms with Crippen LogP contribution in [-0.2, 0) is 16.1 Å². The minimum absolute atomic E-state index is 0.166. The summed E-state index contributed by atoms with van der Waals surface area (Å²) in [5.41, 5.74) is 5.99. The summed E-state index contributed by atoms with van der Waals surface area (Å²) < 4.78 is 1.79. The summed E-state index contributed by atoms with van der Waals surface area (Å²) in [5, 5.41) is 8.35. The number of halogens is 1. The van der Waals surface area contributed by atoms with Crippen LogP contribution in [0.5, 0.6) is 0 Å². The fourth-order valence-corrected chi connectivity index (χ4v) is 6.56. The van der Waals surface area contributed by atoms with Gasteiger partial charge in [0.25, 0.3) is 0 Å². The van der Waals surface area contributed by atoms with E-state index < -0.39 is 0 Å². The van der Waals surface area contributed by atoms with E-state index in [1.807, 2.05) is 104 Å². The van der Waals surface area contributed by atoms with Gasteiger partial charge in [-0.2, -0.15) is 5.10 Å². The van der Waals surface area contributed by atoms with E-state index in [1.54, 1.807) is 15.8 Å². The molecule has 0 saturated heterocycles. The van der Waals surface area contributed by atoms with Gasteiger partial charge < -0.3 is 5.32 Å². The Hall–Kier alpha value is -4.40. The lowest BCUT2D eigenvalue weighted by molar-refractivity contribution is -0.123. The molecule has 2 amide bonds. The van der Waals surface area contributed by atoms with Gasteiger partial charge >= 0.3 is 0 Å². The molecule has 9 heteroatoms. The molecule has 0 aliphatic carbocycles. The number of carbonyl (C=O) groups excluding carboxylic acids is 2. The Bertz CT molecular complexity index is 1730. The minimum atomic E-state index is -0.298. The van der Waals surface area contributed by atoms with Crippen molar-refractivity contribution in [1.82, 2.24) is 20.1 Å². The third-order valence-corrected chi connectivity index (χ3v) is 8.68. The van der Waals surface area contributed by atoms with Crippen LogP contribution < -0.4 is 10.2 Å². The Balaban J connectivity index is 1.52. The van der Waals surface area contributed by atoms with E-state index in [0.717, 1.165) is 39.3 Å². The quantitative estimate of drug-likeness (QED) is 0.237. The lowest BCUT2D eigenvalue weighted by Crippen LogP contribution is -2.42. The van der Waals surface area contributed by atoms with Crippen LogP contribution in [-0.4, -0.2) is 38.9 Å². The predicted octanol–water partition coefficient (Wildman–Crippen LogP) is 6.38. The normalized spacial score (nSPS) is 14.8. The van der Waals surface area contributed by atoms with Crippen molar-refractivity contribution in [3.8, 4) is 16.9 Å². The Morgan fingerprint density at radius 1 is 0.976 bits per heavy atom. The molecule has 42 heavy (non-hydrogen) atoms. The summed E-state index contributed by atoms with van der Waals surface area (Å²) in [6, 6.07) is 31.1. The second kappa shape index (κ2) is 12.2. The number of pyridine rings is 1. The molecule has 2 aromatic heterocycles. The van der Waals surface area contributed by atoms with E-state index >= 15 is 0 Å². The number of fused-ring (bicyclic) bond motifs is 1. The van der Waals surface area contributed by atoms with E-state index in [4.69, 9.17) is 16.7 Å². The average molecular weight is 594 g/mol. The monoisotopic (exact) mass is 593 g/mol. The molecule has 1 unspecified atom stereocenters. The first-order valence-electron chi connectivity index (χ1n) is 13.6. The zero-order chi connectivity index (χ0) is 29.1. The summed E-state index contributed by atoms with van der Waals surface area (Å²) in [5.74, 6) is 0.251. The van der Waals surface area contributed by atoms with E-state index in [-0.39, 0.29) is 35.9 Å². The molecule has 5 aromatic rings. The molecule has 6 rings (SSSR count). The molecule has 0 saturated carbocycles. The number of carbonyl (C=O) groups is 2. The second-order valence-electron chi connectivity index (χ2n) is 9.99. The zero-order valence-corrected chi connectivity index (χ0v) is 24.5. The Kier molecular flexibility index (Phi) is 8.08. The van der Waals surface area contributed by atoms with Crippen LogP contribution in [0.1, 0.15) is 27.6 Å². The number of aromatic nitrogens is 3. The van der Waals surface area contributed by atoms with Crippen LogP contribution in [0.2, 0.25) is 5.02 Å². The lowest BCUT2D eigenvalue weighted by atomic mass is 9.99. The molecule has 3 aromatic carbocycles. The fourth-order valence-electron chi connectivity index (χ4n) is 5.02. The first-order chi connectivity index (χ1) is 20.5. The summed E-state index contributed by atoms with van der Waals surface area (Å²) >= 11 is 8.26. The predicted molar refractivity (Wildman–Crippen MR) is 168 cm³/mol. The maximum absolute atomic E-state index is 13.9. The molecule has 1 atom stereocenters. The fraction of sp³-hybridized carbons (Fsp3) is 0.152. The van der Waals surface area contributed by atoms with Crippen LogP contribution in [0.25, 0.3) is 16.9 Å². The maximum atomic E-state index is 13.9. The van der Waals surface area contributed by atoms with E-state index in [2.05, 4.69) is 10.3 Å². The molecular formula is C33H28ClN5O2S. The Morgan fingerprint density at radius 2 is 1.71 bits per heavy atom. The number of anilines is 1. The highest BCUT2D eigenvalue weighted by molar-refractivity contribution is 8.00. The molecule has 1 aliphatic rings. The van der Waals surface area contributed by atoms with Crippen molar-refractivity contribution < 1.29 is 9.59 Å². The number of amides is 2. The first kappa shape index (κ1) is 27.8. The lowest BCUT2D eigenvalue weighted by Gasteiger charge is -2.23.